The van der Waals surface area contributed by atoms with Gasteiger partial charge in [0.15, 0.2) is 0 Å². The molecule has 0 unspecified atom stereocenters. The van der Waals surface area contributed by atoms with Crippen LogP contribution in [-0.2, 0) is 5.75 Å². The normalized spacial score (nSPS) is 10.8. The third-order valence-corrected chi connectivity index (χ3v) is 4.16. The van der Waals surface area contributed by atoms with Crippen molar-refractivity contribution >= 4 is 11.8 Å². The van der Waals surface area contributed by atoms with Gasteiger partial charge in [-0.25, -0.2) is 4.68 Å². The van der Waals surface area contributed by atoms with Crippen LogP contribution in [0.25, 0.3) is 0 Å². The van der Waals surface area contributed by atoms with Crippen LogP contribution in [0.1, 0.15) is 37.6 Å². The molecule has 0 bridgehead atoms. The average molecular weight is 306 g/mol. The van der Waals surface area contributed by atoms with Crippen molar-refractivity contribution in [1.82, 2.24) is 14.9 Å². The van der Waals surface area contributed by atoms with Gasteiger partial charge in [-0.3, -0.25) is 0 Å². The first-order valence-corrected chi connectivity index (χ1v) is 8.21. The average Bonchev–Trinajstić information content (AvgIpc) is 2.82. The number of nitrogens with zero attached hydrogens (tertiary/aromatic N) is 3. The van der Waals surface area contributed by atoms with Gasteiger partial charge in [-0.15, -0.1) is 10.2 Å². The highest BCUT2D eigenvalue weighted by molar-refractivity contribution is 7.98. The van der Waals surface area contributed by atoms with Gasteiger partial charge in [0.25, 0.3) is 0 Å². The molecule has 0 saturated heterocycles. The van der Waals surface area contributed by atoms with E-state index >= 15 is 0 Å². The number of aryl methyl sites for hydroxylation is 1. The highest BCUT2D eigenvalue weighted by atomic mass is 32.2. The van der Waals surface area contributed by atoms with Gasteiger partial charge in [-0.05, 0) is 31.0 Å². The molecule has 21 heavy (non-hydrogen) atoms. The molecule has 0 aliphatic carbocycles. The smallest absolute Gasteiger partial charge is 0.210 e. The van der Waals surface area contributed by atoms with E-state index in [1.807, 2.05) is 19.1 Å². The molecule has 0 atom stereocenters. The van der Waals surface area contributed by atoms with Crippen molar-refractivity contribution in [3.05, 3.63) is 35.7 Å². The predicted octanol–water partition coefficient (Wildman–Crippen LogP) is 3.16. The number of aromatic nitrogens is 3. The van der Waals surface area contributed by atoms with Crippen molar-refractivity contribution in [2.45, 2.75) is 44.0 Å². The number of nitrogen functional groups attached to an aromatic ring is 1. The molecule has 5 nitrogen and oxygen atoms in total. The Labute approximate surface area is 129 Å². The largest absolute Gasteiger partial charge is 0.494 e. The molecule has 0 fully saturated rings. The molecular weight excluding hydrogens is 284 g/mol. The van der Waals surface area contributed by atoms with Crippen LogP contribution in [0.4, 0.5) is 0 Å². The Morgan fingerprint density at radius 2 is 1.95 bits per heavy atom. The summed E-state index contributed by atoms with van der Waals surface area (Å²) in [6, 6.07) is 8.18. The maximum atomic E-state index is 5.82. The minimum absolute atomic E-state index is 0.716. The molecule has 0 amide bonds. The van der Waals surface area contributed by atoms with Crippen molar-refractivity contribution in [3.63, 3.8) is 0 Å². The fourth-order valence-corrected chi connectivity index (χ4v) is 2.68. The Hall–Kier alpha value is -1.69. The molecule has 2 aromatic rings. The molecule has 6 heteroatoms. The Balaban J connectivity index is 1.81. The van der Waals surface area contributed by atoms with Gasteiger partial charge in [0, 0.05) is 5.75 Å². The molecule has 2 N–H and O–H groups in total. The second-order valence-electron chi connectivity index (χ2n) is 4.89. The summed E-state index contributed by atoms with van der Waals surface area (Å²) in [6.45, 7) is 4.81. The van der Waals surface area contributed by atoms with Crippen LogP contribution in [0.15, 0.2) is 29.4 Å². The fraction of sp³-hybridized carbons (Fsp3) is 0.467. The summed E-state index contributed by atoms with van der Waals surface area (Å²) in [5, 5.41) is 8.70. The van der Waals surface area contributed by atoms with Gasteiger partial charge in [0.1, 0.15) is 11.6 Å². The zero-order valence-electron chi connectivity index (χ0n) is 12.6. The lowest BCUT2D eigenvalue weighted by molar-refractivity contribution is 0.306. The molecule has 1 aromatic carbocycles. The third kappa shape index (κ3) is 4.67. The van der Waals surface area contributed by atoms with Crippen LogP contribution in [0.3, 0.4) is 0 Å². The van der Waals surface area contributed by atoms with Gasteiger partial charge in [0.05, 0.1) is 6.61 Å². The second-order valence-corrected chi connectivity index (χ2v) is 5.83. The minimum atomic E-state index is 0.716. The van der Waals surface area contributed by atoms with Crippen molar-refractivity contribution < 1.29 is 4.74 Å². The molecule has 0 spiro atoms. The predicted molar refractivity (Wildman–Crippen MR) is 85.9 cm³/mol. The van der Waals surface area contributed by atoms with Crippen LogP contribution < -0.4 is 10.6 Å². The maximum absolute atomic E-state index is 5.82. The van der Waals surface area contributed by atoms with E-state index in [0.717, 1.165) is 29.7 Å². The quantitative estimate of drug-likeness (QED) is 0.461. The Morgan fingerprint density at radius 3 is 2.57 bits per heavy atom. The van der Waals surface area contributed by atoms with Crippen LogP contribution in [0.5, 0.6) is 5.75 Å². The summed E-state index contributed by atoms with van der Waals surface area (Å²) < 4.78 is 7.20. The molecule has 1 heterocycles. The van der Waals surface area contributed by atoms with Gasteiger partial charge in [0.2, 0.25) is 5.16 Å². The molecule has 0 aliphatic rings. The van der Waals surface area contributed by atoms with Gasteiger partial charge >= 0.3 is 0 Å². The molecule has 0 aliphatic heterocycles. The third-order valence-electron chi connectivity index (χ3n) is 3.14. The molecule has 2 rings (SSSR count). The Kier molecular flexibility index (Phi) is 5.92. The van der Waals surface area contributed by atoms with E-state index in [1.165, 1.54) is 23.1 Å². The van der Waals surface area contributed by atoms with E-state index in [9.17, 15) is 0 Å². The van der Waals surface area contributed by atoms with E-state index in [4.69, 9.17) is 10.6 Å². The lowest BCUT2D eigenvalue weighted by Gasteiger charge is -2.07. The van der Waals surface area contributed by atoms with Crippen molar-refractivity contribution in [2.24, 2.45) is 0 Å². The fourth-order valence-electron chi connectivity index (χ4n) is 1.82. The zero-order valence-corrected chi connectivity index (χ0v) is 13.4. The number of hydrogen-bond donors (Lipinski definition) is 1. The van der Waals surface area contributed by atoms with Crippen molar-refractivity contribution in [3.8, 4) is 5.75 Å². The van der Waals surface area contributed by atoms with Crippen LogP contribution in [0, 0.1) is 6.92 Å². The van der Waals surface area contributed by atoms with Gasteiger partial charge < -0.3 is 10.6 Å². The first-order valence-electron chi connectivity index (χ1n) is 7.22. The highest BCUT2D eigenvalue weighted by Gasteiger charge is 2.06. The SMILES string of the molecule is CCCCCOc1ccc(CSc2nnc(C)n2N)cc1. The second kappa shape index (κ2) is 7.93. The summed E-state index contributed by atoms with van der Waals surface area (Å²) in [5.41, 5.74) is 1.21. The van der Waals surface area contributed by atoms with Crippen molar-refractivity contribution in [2.75, 3.05) is 12.4 Å². The summed E-state index contributed by atoms with van der Waals surface area (Å²) >= 11 is 1.57. The first-order chi connectivity index (χ1) is 10.2. The highest BCUT2D eigenvalue weighted by Crippen LogP contribution is 2.22. The Bertz CT molecular complexity index is 553. The van der Waals surface area contributed by atoms with Crippen LogP contribution in [0.2, 0.25) is 0 Å². The summed E-state index contributed by atoms with van der Waals surface area (Å²) in [5.74, 6) is 8.28. The molecular formula is C15H22N4OS. The maximum Gasteiger partial charge on any atom is 0.210 e. The molecule has 0 saturated carbocycles. The summed E-state index contributed by atoms with van der Waals surface area (Å²) in [4.78, 5) is 0. The van der Waals surface area contributed by atoms with Crippen LogP contribution >= 0.6 is 11.8 Å². The number of unbranched alkanes of at least 4 members (excludes halogenated alkanes) is 2. The van der Waals surface area contributed by atoms with Crippen LogP contribution in [-0.4, -0.2) is 21.5 Å². The lowest BCUT2D eigenvalue weighted by Crippen LogP contribution is -2.11. The summed E-state index contributed by atoms with van der Waals surface area (Å²) in [7, 11) is 0. The minimum Gasteiger partial charge on any atom is -0.494 e. The number of thioether (sulfide) groups is 1. The summed E-state index contributed by atoms with van der Waals surface area (Å²) in [6.07, 6.45) is 3.54. The lowest BCUT2D eigenvalue weighted by atomic mass is 10.2. The number of ether oxygens (including phenoxy) is 1. The molecule has 114 valence electrons. The van der Waals surface area contributed by atoms with Gasteiger partial charge in [-0.2, -0.15) is 0 Å². The number of nitrogens with two attached hydrogens (primary N) is 1. The molecule has 0 radical (unpaired) electrons. The number of benzene rings is 1. The topological polar surface area (TPSA) is 66.0 Å². The Morgan fingerprint density at radius 1 is 1.19 bits per heavy atom. The van der Waals surface area contributed by atoms with E-state index in [0.29, 0.717) is 5.82 Å². The standard InChI is InChI=1S/C15H22N4OS/c1-3-4-5-10-20-14-8-6-13(7-9-14)11-21-15-18-17-12(2)19(15)16/h6-9H,3-5,10-11,16H2,1-2H3. The number of rotatable bonds is 8. The monoisotopic (exact) mass is 306 g/mol. The molecule has 1 aromatic heterocycles. The zero-order chi connectivity index (χ0) is 15.1. The van der Waals surface area contributed by atoms with E-state index in [2.05, 4.69) is 29.3 Å². The first kappa shape index (κ1) is 15.7. The van der Waals surface area contributed by atoms with E-state index in [1.54, 1.807) is 11.8 Å². The van der Waals surface area contributed by atoms with E-state index < -0.39 is 0 Å². The number of hydrogen-bond acceptors (Lipinski definition) is 5. The van der Waals surface area contributed by atoms with Gasteiger partial charge in [-0.1, -0.05) is 43.7 Å². The van der Waals surface area contributed by atoms with Crippen molar-refractivity contribution in [1.29, 1.82) is 0 Å². The van der Waals surface area contributed by atoms with E-state index in [-0.39, 0.29) is 0 Å².